The Balaban J connectivity index is 1.50. The summed E-state index contributed by atoms with van der Waals surface area (Å²) in [7, 11) is 0. The largest absolute Gasteiger partial charge is 0.416 e. The molecule has 0 atom stereocenters. The van der Waals surface area contributed by atoms with E-state index in [1.165, 1.54) is 6.07 Å². The van der Waals surface area contributed by atoms with Crippen molar-refractivity contribution in [3.63, 3.8) is 0 Å². The number of anilines is 1. The van der Waals surface area contributed by atoms with Crippen molar-refractivity contribution in [2.24, 2.45) is 0 Å². The average Bonchev–Trinajstić information content (AvgIpc) is 3.25. The molecule has 0 aliphatic heterocycles. The van der Waals surface area contributed by atoms with Gasteiger partial charge in [-0.25, -0.2) is 0 Å². The number of carbonyl (C=O) groups excluding carboxylic acids is 1. The second-order valence-corrected chi connectivity index (χ2v) is 7.72. The fraction of sp³-hybridized carbons (Fsp3) is 0.0870. The molecule has 0 unspecified atom stereocenters. The smallest absolute Gasteiger partial charge is 0.288 e. The van der Waals surface area contributed by atoms with Crippen LogP contribution in [0.4, 0.5) is 14.5 Å². The average molecular weight is 437 g/mol. The van der Waals surface area contributed by atoms with Gasteiger partial charge in [0.25, 0.3) is 11.7 Å². The molecule has 0 radical (unpaired) electrons. The minimum absolute atomic E-state index is 0.303. The van der Waals surface area contributed by atoms with Crippen molar-refractivity contribution in [3.8, 4) is 22.9 Å². The Hall–Kier alpha value is -3.52. The number of nitrogens with one attached hydrogen (secondary N) is 1. The van der Waals surface area contributed by atoms with Crippen molar-refractivity contribution < 1.29 is 18.0 Å². The first-order chi connectivity index (χ1) is 15.0. The number of thioether (sulfide) groups is 1. The van der Waals surface area contributed by atoms with E-state index >= 15 is 0 Å². The summed E-state index contributed by atoms with van der Waals surface area (Å²) in [5, 5.41) is 10.9. The third-order valence-electron chi connectivity index (χ3n) is 4.44. The van der Waals surface area contributed by atoms with Crippen LogP contribution in [-0.4, -0.2) is 21.9 Å². The number of rotatable bonds is 6. The summed E-state index contributed by atoms with van der Waals surface area (Å²) >= 11 is 0.388. The fourth-order valence-corrected chi connectivity index (χ4v) is 3.56. The number of halogens is 2. The van der Waals surface area contributed by atoms with Crippen molar-refractivity contribution >= 4 is 23.4 Å². The molecule has 31 heavy (non-hydrogen) atoms. The van der Waals surface area contributed by atoms with Crippen LogP contribution in [0, 0.1) is 6.92 Å². The number of alkyl halides is 2. The summed E-state index contributed by atoms with van der Waals surface area (Å²) < 4.78 is 31.2. The Morgan fingerprint density at radius 2 is 1.65 bits per heavy atom. The Morgan fingerprint density at radius 1 is 0.935 bits per heavy atom. The Kier molecular flexibility index (Phi) is 6.08. The third-order valence-corrected chi connectivity index (χ3v) is 5.22. The van der Waals surface area contributed by atoms with E-state index in [-0.39, 0.29) is 0 Å². The van der Waals surface area contributed by atoms with E-state index in [0.717, 1.165) is 11.1 Å². The summed E-state index contributed by atoms with van der Waals surface area (Å²) in [5.41, 5.74) is 3.29. The number of para-hydroxylation sites is 1. The predicted molar refractivity (Wildman–Crippen MR) is 116 cm³/mol. The van der Waals surface area contributed by atoms with Crippen molar-refractivity contribution in [3.05, 3.63) is 83.9 Å². The van der Waals surface area contributed by atoms with E-state index in [4.69, 9.17) is 4.42 Å². The highest BCUT2D eigenvalue weighted by Crippen LogP contribution is 2.32. The molecule has 0 aliphatic rings. The lowest BCUT2D eigenvalue weighted by Gasteiger charge is -2.10. The monoisotopic (exact) mass is 437 g/mol. The highest BCUT2D eigenvalue weighted by molar-refractivity contribution is 7.99. The van der Waals surface area contributed by atoms with Gasteiger partial charge in [0.1, 0.15) is 0 Å². The number of hydrogen-bond donors (Lipinski definition) is 1. The van der Waals surface area contributed by atoms with Crippen LogP contribution >= 0.6 is 11.8 Å². The molecule has 0 aliphatic carbocycles. The second-order valence-electron chi connectivity index (χ2n) is 6.69. The minimum atomic E-state index is -2.57. The van der Waals surface area contributed by atoms with Gasteiger partial charge in [0.15, 0.2) is 0 Å². The van der Waals surface area contributed by atoms with Gasteiger partial charge in [0, 0.05) is 21.6 Å². The van der Waals surface area contributed by atoms with Gasteiger partial charge < -0.3 is 9.73 Å². The second kappa shape index (κ2) is 9.09. The quantitative estimate of drug-likeness (QED) is 0.360. The molecule has 0 saturated carbocycles. The Labute approximate surface area is 181 Å². The molecule has 1 heterocycles. The van der Waals surface area contributed by atoms with Gasteiger partial charge in [-0.1, -0.05) is 41.6 Å². The van der Waals surface area contributed by atoms with Gasteiger partial charge in [0.2, 0.25) is 11.8 Å². The molecule has 0 saturated heterocycles. The van der Waals surface area contributed by atoms with Crippen LogP contribution in [0.5, 0.6) is 0 Å². The van der Waals surface area contributed by atoms with Gasteiger partial charge in [-0.15, -0.1) is 10.2 Å². The molecular weight excluding hydrogens is 420 g/mol. The molecule has 4 aromatic rings. The summed E-state index contributed by atoms with van der Waals surface area (Å²) in [4.78, 5) is 12.9. The van der Waals surface area contributed by atoms with Crippen LogP contribution < -0.4 is 5.32 Å². The Bertz CT molecular complexity index is 1210. The maximum atomic E-state index is 12.7. The summed E-state index contributed by atoms with van der Waals surface area (Å²) in [5.74, 6) is -2.23. The fourth-order valence-electron chi connectivity index (χ4n) is 2.96. The number of hydrogen-bond acceptors (Lipinski definition) is 5. The molecule has 3 aromatic carbocycles. The first kappa shape index (κ1) is 20.7. The summed E-state index contributed by atoms with van der Waals surface area (Å²) in [6, 6.07) is 20.8. The van der Waals surface area contributed by atoms with Crippen LogP contribution in [-0.2, 0) is 0 Å². The third kappa shape index (κ3) is 4.97. The van der Waals surface area contributed by atoms with Crippen LogP contribution in [0.1, 0.15) is 15.9 Å². The Morgan fingerprint density at radius 3 is 2.35 bits per heavy atom. The number of nitrogens with zero attached hydrogens (tertiary/aromatic N) is 2. The van der Waals surface area contributed by atoms with E-state index in [9.17, 15) is 13.6 Å². The van der Waals surface area contributed by atoms with Crippen LogP contribution in [0.3, 0.4) is 0 Å². The molecule has 0 bridgehead atoms. The zero-order valence-corrected chi connectivity index (χ0v) is 17.2. The van der Waals surface area contributed by atoms with E-state index in [2.05, 4.69) is 15.5 Å². The molecule has 156 valence electrons. The zero-order valence-electron chi connectivity index (χ0n) is 16.4. The lowest BCUT2D eigenvalue weighted by molar-refractivity contribution is 0.102. The van der Waals surface area contributed by atoms with Crippen LogP contribution in [0.15, 0.2) is 82.1 Å². The molecule has 1 N–H and O–H groups in total. The van der Waals surface area contributed by atoms with E-state index in [1.54, 1.807) is 42.5 Å². The van der Waals surface area contributed by atoms with Crippen molar-refractivity contribution in [2.75, 3.05) is 5.32 Å². The lowest BCUT2D eigenvalue weighted by Crippen LogP contribution is -2.12. The lowest BCUT2D eigenvalue weighted by atomic mass is 10.1. The number of aryl methyl sites for hydroxylation is 1. The van der Waals surface area contributed by atoms with Crippen molar-refractivity contribution in [1.82, 2.24) is 10.2 Å². The van der Waals surface area contributed by atoms with Crippen LogP contribution in [0.25, 0.3) is 22.9 Å². The van der Waals surface area contributed by atoms with Gasteiger partial charge in [-0.2, -0.15) is 8.78 Å². The molecule has 1 amide bonds. The number of benzene rings is 3. The number of aromatic nitrogens is 2. The minimum Gasteiger partial charge on any atom is -0.416 e. The SMILES string of the molecule is Cc1cccc(-c2nnc(-c3ccc(C(=O)Nc4ccccc4SC(F)F)cc3)o2)c1. The highest BCUT2D eigenvalue weighted by Gasteiger charge is 2.14. The normalized spacial score (nSPS) is 11.0. The zero-order chi connectivity index (χ0) is 21.8. The van der Waals surface area contributed by atoms with Crippen molar-refractivity contribution in [2.45, 2.75) is 17.6 Å². The van der Waals surface area contributed by atoms with Gasteiger partial charge in [-0.05, 0) is 55.5 Å². The molecule has 0 fully saturated rings. The molecule has 5 nitrogen and oxygen atoms in total. The molecule has 1 aromatic heterocycles. The van der Waals surface area contributed by atoms with Crippen LogP contribution in [0.2, 0.25) is 0 Å². The van der Waals surface area contributed by atoms with Gasteiger partial charge >= 0.3 is 0 Å². The number of carbonyl (C=O) groups is 1. The van der Waals surface area contributed by atoms with E-state index < -0.39 is 11.7 Å². The molecule has 0 spiro atoms. The summed E-state index contributed by atoms with van der Waals surface area (Å²) in [6.45, 7) is 1.98. The van der Waals surface area contributed by atoms with E-state index in [0.29, 0.717) is 45.3 Å². The highest BCUT2D eigenvalue weighted by atomic mass is 32.2. The number of amides is 1. The molecule has 4 rings (SSSR count). The maximum Gasteiger partial charge on any atom is 0.288 e. The standard InChI is InChI=1S/C23H17F2N3O2S/c1-14-5-4-6-17(13-14)22-28-27-21(30-22)16-11-9-15(10-12-16)20(29)26-18-7-2-3-8-19(18)31-23(24)25/h2-13,23H,1H3,(H,26,29). The molecular formula is C23H17F2N3O2S. The van der Waals surface area contributed by atoms with Gasteiger partial charge in [-0.3, -0.25) is 4.79 Å². The maximum absolute atomic E-state index is 12.7. The van der Waals surface area contributed by atoms with Gasteiger partial charge in [0.05, 0.1) is 5.69 Å². The first-order valence-corrected chi connectivity index (χ1v) is 10.2. The van der Waals surface area contributed by atoms with E-state index in [1.807, 2.05) is 31.2 Å². The first-order valence-electron chi connectivity index (χ1n) is 9.36. The molecule has 8 heteroatoms. The summed E-state index contributed by atoms with van der Waals surface area (Å²) in [6.07, 6.45) is 0. The van der Waals surface area contributed by atoms with Crippen molar-refractivity contribution in [1.29, 1.82) is 0 Å². The predicted octanol–water partition coefficient (Wildman–Crippen LogP) is 6.28. The topological polar surface area (TPSA) is 68.0 Å².